The van der Waals surface area contributed by atoms with Crippen LogP contribution in [0.15, 0.2) is 29.2 Å². The third-order valence-electron chi connectivity index (χ3n) is 5.16. The van der Waals surface area contributed by atoms with E-state index in [0.717, 1.165) is 25.9 Å². The van der Waals surface area contributed by atoms with E-state index in [-0.39, 0.29) is 34.8 Å². The Bertz CT molecular complexity index is 940. The number of carbonyl (C=O) groups is 1. The molecular formula is C19H28N2O7S2. The molecule has 2 heterocycles. The summed E-state index contributed by atoms with van der Waals surface area (Å²) in [7, 11) is -7.03. The number of rotatable bonds is 8. The largest absolute Gasteiger partial charge is 0.376 e. The van der Waals surface area contributed by atoms with Crippen LogP contribution in [0.4, 0.5) is 5.69 Å². The zero-order chi connectivity index (χ0) is 21.8. The second-order valence-corrected chi connectivity index (χ2v) is 11.6. The average molecular weight is 461 g/mol. The van der Waals surface area contributed by atoms with E-state index in [2.05, 4.69) is 10.0 Å². The van der Waals surface area contributed by atoms with Gasteiger partial charge >= 0.3 is 0 Å². The molecule has 0 radical (unpaired) electrons. The Labute approximate surface area is 177 Å². The van der Waals surface area contributed by atoms with Gasteiger partial charge in [-0.15, -0.1) is 0 Å². The lowest BCUT2D eigenvalue weighted by Gasteiger charge is -2.23. The molecule has 2 fully saturated rings. The van der Waals surface area contributed by atoms with Gasteiger partial charge in [0.15, 0.2) is 9.84 Å². The van der Waals surface area contributed by atoms with E-state index in [1.54, 1.807) is 6.92 Å². The van der Waals surface area contributed by atoms with Crippen molar-refractivity contribution in [3.63, 3.8) is 0 Å². The lowest BCUT2D eigenvalue weighted by Crippen LogP contribution is -2.35. The summed E-state index contributed by atoms with van der Waals surface area (Å²) < 4.78 is 61.5. The normalized spacial score (nSPS) is 25.0. The number of benzene rings is 1. The number of carbonyl (C=O) groups excluding carboxylic acids is 1. The van der Waals surface area contributed by atoms with Gasteiger partial charge in [0.05, 0.1) is 29.1 Å². The third-order valence-corrected chi connectivity index (χ3v) is 8.47. The number of anilines is 1. The minimum Gasteiger partial charge on any atom is -0.376 e. The molecule has 2 aliphatic heterocycles. The van der Waals surface area contributed by atoms with Crippen molar-refractivity contribution < 1.29 is 31.1 Å². The second kappa shape index (κ2) is 9.73. The Morgan fingerprint density at radius 3 is 2.57 bits per heavy atom. The van der Waals surface area contributed by atoms with Gasteiger partial charge in [-0.3, -0.25) is 4.79 Å². The van der Waals surface area contributed by atoms with E-state index in [1.807, 2.05) is 0 Å². The molecule has 2 aliphatic rings. The molecule has 2 N–H and O–H groups in total. The van der Waals surface area contributed by atoms with Crippen LogP contribution in [0, 0.1) is 0 Å². The first-order valence-corrected chi connectivity index (χ1v) is 13.3. The van der Waals surface area contributed by atoms with E-state index < -0.39 is 32.0 Å². The van der Waals surface area contributed by atoms with Crippen molar-refractivity contribution in [2.24, 2.45) is 0 Å². The van der Waals surface area contributed by atoms with E-state index >= 15 is 0 Å². The number of sulfonamides is 1. The van der Waals surface area contributed by atoms with Crippen molar-refractivity contribution in [1.82, 2.24) is 4.72 Å². The number of nitrogens with one attached hydrogen (secondary N) is 2. The Morgan fingerprint density at radius 1 is 1.23 bits per heavy atom. The molecule has 3 unspecified atom stereocenters. The van der Waals surface area contributed by atoms with Crippen molar-refractivity contribution >= 4 is 31.5 Å². The fraction of sp³-hybridized carbons (Fsp3) is 0.632. The molecule has 0 aromatic heterocycles. The predicted molar refractivity (Wildman–Crippen MR) is 111 cm³/mol. The van der Waals surface area contributed by atoms with Gasteiger partial charge in [0, 0.05) is 18.3 Å². The first-order valence-electron chi connectivity index (χ1n) is 10.0. The van der Waals surface area contributed by atoms with Crippen LogP contribution in [-0.2, 0) is 34.1 Å². The highest BCUT2D eigenvalue weighted by atomic mass is 32.2. The van der Waals surface area contributed by atoms with Gasteiger partial charge < -0.3 is 14.8 Å². The van der Waals surface area contributed by atoms with Crippen LogP contribution in [0.2, 0.25) is 0 Å². The van der Waals surface area contributed by atoms with Gasteiger partial charge in [0.1, 0.15) is 6.10 Å². The smallest absolute Gasteiger partial charge is 0.253 e. The van der Waals surface area contributed by atoms with Crippen LogP contribution in [0.5, 0.6) is 0 Å². The van der Waals surface area contributed by atoms with Crippen molar-refractivity contribution in [3.05, 3.63) is 24.3 Å². The van der Waals surface area contributed by atoms with Crippen LogP contribution < -0.4 is 10.0 Å². The number of amides is 1. The first kappa shape index (κ1) is 23.1. The van der Waals surface area contributed by atoms with E-state index in [0.29, 0.717) is 12.3 Å². The predicted octanol–water partition coefficient (Wildman–Crippen LogP) is 1.06. The summed E-state index contributed by atoms with van der Waals surface area (Å²) in [6, 6.07) is 5.07. The molecule has 0 aliphatic carbocycles. The minimum atomic E-state index is -3.84. The fourth-order valence-corrected chi connectivity index (χ4v) is 6.45. The highest BCUT2D eigenvalue weighted by Crippen LogP contribution is 2.18. The maximum absolute atomic E-state index is 12.5. The van der Waals surface area contributed by atoms with Crippen LogP contribution >= 0.6 is 0 Å². The molecule has 1 aromatic rings. The molecule has 3 rings (SSSR count). The molecule has 0 spiro atoms. The van der Waals surface area contributed by atoms with Crippen molar-refractivity contribution in [2.45, 2.75) is 55.8 Å². The first-order chi connectivity index (χ1) is 14.1. The van der Waals surface area contributed by atoms with E-state index in [4.69, 9.17) is 9.47 Å². The summed E-state index contributed by atoms with van der Waals surface area (Å²) in [4.78, 5) is 12.3. The molecule has 168 valence electrons. The molecule has 0 bridgehead atoms. The molecule has 0 saturated carbocycles. The number of ether oxygens (including phenoxy) is 2. The molecule has 11 heteroatoms. The second-order valence-electron chi connectivity index (χ2n) is 7.70. The Hall–Kier alpha value is -1.53. The summed E-state index contributed by atoms with van der Waals surface area (Å²) in [5.41, 5.74) is 0.437. The molecule has 30 heavy (non-hydrogen) atoms. The molecule has 1 aromatic carbocycles. The Kier molecular flexibility index (Phi) is 7.51. The molecule has 1 amide bonds. The highest BCUT2D eigenvalue weighted by molar-refractivity contribution is 7.92. The van der Waals surface area contributed by atoms with Gasteiger partial charge in [0.2, 0.25) is 10.0 Å². The monoisotopic (exact) mass is 460 g/mol. The van der Waals surface area contributed by atoms with Gasteiger partial charge in [-0.25, -0.2) is 21.6 Å². The summed E-state index contributed by atoms with van der Waals surface area (Å²) in [5.74, 6) is -0.543. The molecule has 9 nitrogen and oxygen atoms in total. The maximum Gasteiger partial charge on any atom is 0.253 e. The maximum atomic E-state index is 12.5. The van der Waals surface area contributed by atoms with Crippen LogP contribution in [0.25, 0.3) is 0 Å². The van der Waals surface area contributed by atoms with Gasteiger partial charge in [-0.2, -0.15) is 0 Å². The number of hydrogen-bond donors (Lipinski definition) is 2. The summed E-state index contributed by atoms with van der Waals surface area (Å²) in [6.07, 6.45) is 2.67. The number of hydrogen-bond acceptors (Lipinski definition) is 7. The SMILES string of the molecule is CC(OCC1CCCCO1)C(=O)Nc1ccc(S(=O)(=O)NC2CCS(=O)(=O)C2)cc1. The highest BCUT2D eigenvalue weighted by Gasteiger charge is 2.31. The van der Waals surface area contributed by atoms with Crippen LogP contribution in [0.1, 0.15) is 32.6 Å². The average Bonchev–Trinajstić information content (AvgIpc) is 3.04. The Balaban J connectivity index is 1.51. The van der Waals surface area contributed by atoms with Crippen molar-refractivity contribution in [3.8, 4) is 0 Å². The quantitative estimate of drug-likeness (QED) is 0.594. The van der Waals surface area contributed by atoms with Crippen LogP contribution in [0.3, 0.4) is 0 Å². The zero-order valence-corrected chi connectivity index (χ0v) is 18.5. The van der Waals surface area contributed by atoms with Crippen molar-refractivity contribution in [1.29, 1.82) is 0 Å². The molecular weight excluding hydrogens is 432 g/mol. The summed E-state index contributed by atoms with van der Waals surface area (Å²) >= 11 is 0. The van der Waals surface area contributed by atoms with Crippen LogP contribution in [-0.4, -0.2) is 65.7 Å². The lowest BCUT2D eigenvalue weighted by molar-refractivity contribution is -0.130. The standard InChI is InChI=1S/C19H28N2O7S2/c1-14(28-12-17-4-2-3-10-27-17)19(22)20-15-5-7-18(8-6-15)30(25,26)21-16-9-11-29(23,24)13-16/h5-8,14,16-17,21H,2-4,9-13H2,1H3,(H,20,22). The van der Waals surface area contributed by atoms with E-state index in [1.165, 1.54) is 24.3 Å². The topological polar surface area (TPSA) is 128 Å². The summed E-state index contributed by atoms with van der Waals surface area (Å²) in [6.45, 7) is 2.72. The van der Waals surface area contributed by atoms with E-state index in [9.17, 15) is 21.6 Å². The fourth-order valence-electron chi connectivity index (χ4n) is 3.40. The summed E-state index contributed by atoms with van der Waals surface area (Å²) in [5, 5.41) is 2.69. The van der Waals surface area contributed by atoms with Gasteiger partial charge in [-0.1, -0.05) is 0 Å². The minimum absolute atomic E-state index is 0.00328. The lowest BCUT2D eigenvalue weighted by atomic mass is 10.1. The number of sulfone groups is 1. The zero-order valence-electron chi connectivity index (χ0n) is 16.9. The van der Waals surface area contributed by atoms with Gasteiger partial charge in [0.25, 0.3) is 5.91 Å². The van der Waals surface area contributed by atoms with Crippen molar-refractivity contribution in [2.75, 3.05) is 30.0 Å². The van der Waals surface area contributed by atoms with Gasteiger partial charge in [-0.05, 0) is 56.9 Å². The Morgan fingerprint density at radius 2 is 1.97 bits per heavy atom. The molecule has 2 saturated heterocycles. The molecule has 3 atom stereocenters. The third kappa shape index (κ3) is 6.48.